The van der Waals surface area contributed by atoms with Crippen molar-refractivity contribution in [3.63, 3.8) is 0 Å². The Hall–Kier alpha value is -2.34. The number of likely N-dealkylation sites (tertiary alicyclic amines) is 1. The Kier molecular flexibility index (Phi) is 3.97. The molecule has 1 amide bonds. The van der Waals surface area contributed by atoms with Crippen LogP contribution in [0.2, 0.25) is 0 Å². The molecule has 0 N–H and O–H groups in total. The van der Waals surface area contributed by atoms with Crippen molar-refractivity contribution in [1.82, 2.24) is 14.5 Å². The van der Waals surface area contributed by atoms with Gasteiger partial charge in [0.25, 0.3) is 0 Å². The molecule has 27 heavy (non-hydrogen) atoms. The molecule has 2 aliphatic heterocycles. The minimum atomic E-state index is -0.211. The number of pyridine rings is 1. The van der Waals surface area contributed by atoms with Crippen molar-refractivity contribution in [2.45, 2.75) is 31.2 Å². The van der Waals surface area contributed by atoms with Gasteiger partial charge >= 0.3 is 0 Å². The summed E-state index contributed by atoms with van der Waals surface area (Å²) in [5.74, 6) is 1.56. The van der Waals surface area contributed by atoms with E-state index >= 15 is 0 Å². The number of nitrogens with zero attached hydrogens (tertiary/aromatic N) is 4. The summed E-state index contributed by atoms with van der Waals surface area (Å²) in [6.45, 7) is 2.99. The largest absolute Gasteiger partial charge is 0.383 e. The average Bonchev–Trinajstić information content (AvgIpc) is 3.29. The third kappa shape index (κ3) is 2.42. The lowest BCUT2D eigenvalue weighted by atomic mass is 9.84. The van der Waals surface area contributed by atoms with Gasteiger partial charge in [0.15, 0.2) is 5.82 Å². The number of aromatic nitrogens is 2. The van der Waals surface area contributed by atoms with Crippen molar-refractivity contribution in [3.05, 3.63) is 42.4 Å². The number of carbonyl (C=O) groups excluding carboxylic acids is 1. The number of anilines is 1. The number of carbonyl (C=O) groups is 1. The fraction of sp³-hybridized carbons (Fsp3) is 0.524. The summed E-state index contributed by atoms with van der Waals surface area (Å²) in [5.41, 5.74) is 2.14. The van der Waals surface area contributed by atoms with Crippen LogP contribution >= 0.6 is 0 Å². The molecule has 5 rings (SSSR count). The zero-order chi connectivity index (χ0) is 18.4. The first kappa shape index (κ1) is 16.8. The van der Waals surface area contributed by atoms with Gasteiger partial charge in [0.05, 0.1) is 18.0 Å². The van der Waals surface area contributed by atoms with Gasteiger partial charge < -0.3 is 19.1 Å². The second-order valence-corrected chi connectivity index (χ2v) is 7.92. The topological polar surface area (TPSA) is 50.6 Å². The van der Waals surface area contributed by atoms with Crippen LogP contribution in [0.15, 0.2) is 36.7 Å². The molecule has 0 radical (unpaired) electrons. The van der Waals surface area contributed by atoms with Gasteiger partial charge in [0.2, 0.25) is 5.91 Å². The molecule has 1 spiro atoms. The number of hydrogen-bond acceptors (Lipinski definition) is 4. The highest BCUT2D eigenvalue weighted by Crippen LogP contribution is 2.47. The van der Waals surface area contributed by atoms with E-state index in [9.17, 15) is 4.79 Å². The molecule has 2 fully saturated rings. The van der Waals surface area contributed by atoms with Gasteiger partial charge in [0.1, 0.15) is 5.54 Å². The number of amides is 1. The van der Waals surface area contributed by atoms with Crippen LogP contribution in [0.25, 0.3) is 5.82 Å². The van der Waals surface area contributed by atoms with Crippen molar-refractivity contribution in [2.75, 3.05) is 38.3 Å². The Morgan fingerprint density at radius 1 is 1.33 bits per heavy atom. The zero-order valence-electron chi connectivity index (χ0n) is 15.8. The van der Waals surface area contributed by atoms with Crippen molar-refractivity contribution in [3.8, 4) is 5.82 Å². The van der Waals surface area contributed by atoms with Crippen LogP contribution in [0.5, 0.6) is 0 Å². The fourth-order valence-corrected chi connectivity index (χ4v) is 4.94. The summed E-state index contributed by atoms with van der Waals surface area (Å²) in [5, 5.41) is 0. The fourth-order valence-electron chi connectivity index (χ4n) is 4.94. The molecule has 1 aliphatic carbocycles. The number of methoxy groups -OCH3 is 1. The SMILES string of the molecule is COCCN1c2cccnc2-n2cccc2[C@]12CCN(C(=O)C1CCC1)C2. The molecule has 3 aliphatic rings. The minimum absolute atomic E-state index is 0.211. The number of ether oxygens (including phenoxy) is 1. The Labute approximate surface area is 159 Å². The van der Waals surface area contributed by atoms with Gasteiger partial charge in [-0.1, -0.05) is 6.42 Å². The predicted molar refractivity (Wildman–Crippen MR) is 103 cm³/mol. The highest BCUT2D eigenvalue weighted by molar-refractivity contribution is 5.80. The Bertz CT molecular complexity index is 859. The van der Waals surface area contributed by atoms with Gasteiger partial charge in [-0.2, -0.15) is 0 Å². The quantitative estimate of drug-likeness (QED) is 0.835. The van der Waals surface area contributed by atoms with Crippen LogP contribution in [0.4, 0.5) is 5.69 Å². The first-order chi connectivity index (χ1) is 13.2. The molecule has 0 bridgehead atoms. The monoisotopic (exact) mass is 366 g/mol. The van der Waals surface area contributed by atoms with E-state index in [-0.39, 0.29) is 11.5 Å². The van der Waals surface area contributed by atoms with Crippen LogP contribution < -0.4 is 4.90 Å². The summed E-state index contributed by atoms with van der Waals surface area (Å²) in [4.78, 5) is 22.1. The molecule has 2 aromatic heterocycles. The standard InChI is InChI=1S/C21H26N4O2/c1-27-14-13-25-17-7-3-10-22-19(17)24-11-4-8-18(24)21(25)9-12-23(15-21)20(26)16-5-2-6-16/h3-4,7-8,10-11,16H,2,5-6,9,12-15H2,1H3/t21-/m1/s1. The lowest BCUT2D eigenvalue weighted by Crippen LogP contribution is -2.54. The van der Waals surface area contributed by atoms with Crippen LogP contribution in [-0.4, -0.2) is 53.7 Å². The number of hydrogen-bond donors (Lipinski definition) is 0. The Morgan fingerprint density at radius 3 is 3.00 bits per heavy atom. The maximum Gasteiger partial charge on any atom is 0.225 e. The molecule has 1 atom stereocenters. The van der Waals surface area contributed by atoms with Crippen molar-refractivity contribution in [2.24, 2.45) is 5.92 Å². The number of rotatable bonds is 4. The average molecular weight is 366 g/mol. The van der Waals surface area contributed by atoms with E-state index in [1.54, 1.807) is 7.11 Å². The third-order valence-electron chi connectivity index (χ3n) is 6.56. The second kappa shape index (κ2) is 6.37. The smallest absolute Gasteiger partial charge is 0.225 e. The molecule has 0 unspecified atom stereocenters. The first-order valence-electron chi connectivity index (χ1n) is 9.93. The lowest BCUT2D eigenvalue weighted by Gasteiger charge is -2.47. The van der Waals surface area contributed by atoms with Crippen LogP contribution in [-0.2, 0) is 15.1 Å². The van der Waals surface area contributed by atoms with Gasteiger partial charge in [-0.15, -0.1) is 0 Å². The van der Waals surface area contributed by atoms with Crippen LogP contribution in [0, 0.1) is 5.92 Å². The van der Waals surface area contributed by atoms with Crippen molar-refractivity contribution >= 4 is 11.6 Å². The van der Waals surface area contributed by atoms with E-state index < -0.39 is 0 Å². The Balaban J connectivity index is 1.56. The molecule has 4 heterocycles. The molecule has 6 nitrogen and oxygen atoms in total. The summed E-state index contributed by atoms with van der Waals surface area (Å²) in [7, 11) is 1.74. The maximum atomic E-state index is 12.9. The summed E-state index contributed by atoms with van der Waals surface area (Å²) < 4.78 is 7.63. The van der Waals surface area contributed by atoms with Gasteiger partial charge in [0, 0.05) is 45.1 Å². The van der Waals surface area contributed by atoms with Gasteiger partial charge in [-0.25, -0.2) is 4.98 Å². The third-order valence-corrected chi connectivity index (χ3v) is 6.56. The molecule has 1 saturated carbocycles. The zero-order valence-corrected chi connectivity index (χ0v) is 15.8. The van der Waals surface area contributed by atoms with Crippen LogP contribution in [0.3, 0.4) is 0 Å². The molecule has 1 saturated heterocycles. The summed E-state index contributed by atoms with van der Waals surface area (Å²) in [6.07, 6.45) is 8.17. The Morgan fingerprint density at radius 2 is 2.22 bits per heavy atom. The molecule has 6 heteroatoms. The van der Waals surface area contributed by atoms with E-state index in [2.05, 4.69) is 43.7 Å². The van der Waals surface area contributed by atoms with Gasteiger partial charge in [-0.05, 0) is 43.5 Å². The normalized spacial score (nSPS) is 24.0. The molecule has 142 valence electrons. The van der Waals surface area contributed by atoms with E-state index in [0.29, 0.717) is 12.5 Å². The maximum absolute atomic E-state index is 12.9. The minimum Gasteiger partial charge on any atom is -0.383 e. The van der Waals surface area contributed by atoms with Crippen molar-refractivity contribution < 1.29 is 9.53 Å². The predicted octanol–water partition coefficient (Wildman–Crippen LogP) is 2.57. The summed E-state index contributed by atoms with van der Waals surface area (Å²) in [6, 6.07) is 8.41. The molecule has 0 aromatic carbocycles. The first-order valence-corrected chi connectivity index (χ1v) is 9.93. The van der Waals surface area contributed by atoms with E-state index in [1.807, 2.05) is 12.3 Å². The van der Waals surface area contributed by atoms with E-state index in [4.69, 9.17) is 4.74 Å². The molecular weight excluding hydrogens is 340 g/mol. The highest BCUT2D eigenvalue weighted by Gasteiger charge is 2.51. The molecular formula is C21H26N4O2. The highest BCUT2D eigenvalue weighted by atomic mass is 16.5. The lowest BCUT2D eigenvalue weighted by molar-refractivity contribution is -0.137. The van der Waals surface area contributed by atoms with Crippen LogP contribution in [0.1, 0.15) is 31.4 Å². The second-order valence-electron chi connectivity index (χ2n) is 7.92. The summed E-state index contributed by atoms with van der Waals surface area (Å²) >= 11 is 0. The van der Waals surface area contributed by atoms with E-state index in [0.717, 1.165) is 50.4 Å². The molecule has 2 aromatic rings. The van der Waals surface area contributed by atoms with Crippen molar-refractivity contribution in [1.29, 1.82) is 0 Å². The number of fused-ring (bicyclic) bond motifs is 4. The van der Waals surface area contributed by atoms with E-state index in [1.165, 1.54) is 12.1 Å². The van der Waals surface area contributed by atoms with Gasteiger partial charge in [-0.3, -0.25) is 4.79 Å².